The van der Waals surface area contributed by atoms with Crippen LogP contribution < -0.4 is 0 Å². The lowest BCUT2D eigenvalue weighted by Gasteiger charge is -2.15. The fraction of sp³-hybridized carbons (Fsp3) is 0.111. The van der Waals surface area contributed by atoms with Gasteiger partial charge in [0.25, 0.3) is 15.9 Å². The van der Waals surface area contributed by atoms with E-state index in [1.54, 1.807) is 19.1 Å². The summed E-state index contributed by atoms with van der Waals surface area (Å²) in [4.78, 5) is 12.6. The molecule has 0 unspecified atom stereocenters. The summed E-state index contributed by atoms with van der Waals surface area (Å²) in [5.74, 6) is -0.552. The molecule has 0 aliphatic carbocycles. The van der Waals surface area contributed by atoms with Gasteiger partial charge in [-0.15, -0.1) is 0 Å². The van der Waals surface area contributed by atoms with Crippen LogP contribution in [-0.2, 0) is 16.6 Å². The fourth-order valence-electron chi connectivity index (χ4n) is 2.98. The minimum atomic E-state index is -3.89. The van der Waals surface area contributed by atoms with Crippen LogP contribution in [0.2, 0.25) is 5.15 Å². The number of hydrogen-bond acceptors (Lipinski definition) is 4. The Kier molecular flexibility index (Phi) is 3.86. The molecule has 1 amide bonds. The summed E-state index contributed by atoms with van der Waals surface area (Å²) in [5, 5.41) is 4.68. The molecule has 132 valence electrons. The molecular weight excluding hydrogens is 374 g/mol. The number of nitrogens with zero attached hydrogens (tertiary/aromatic N) is 3. The minimum Gasteiger partial charge on any atom is -0.268 e. The largest absolute Gasteiger partial charge is 0.269 e. The van der Waals surface area contributed by atoms with Crippen molar-refractivity contribution < 1.29 is 13.2 Å². The Morgan fingerprint density at radius 2 is 1.69 bits per heavy atom. The smallest absolute Gasteiger partial charge is 0.268 e. The number of para-hydroxylation sites is 1. The predicted molar refractivity (Wildman–Crippen MR) is 96.8 cm³/mol. The van der Waals surface area contributed by atoms with Crippen molar-refractivity contribution in [3.63, 3.8) is 0 Å². The Hall–Kier alpha value is -2.64. The van der Waals surface area contributed by atoms with Crippen molar-refractivity contribution in [3.8, 4) is 5.69 Å². The number of halogens is 1. The molecule has 0 radical (unpaired) electrons. The third-order valence-corrected chi connectivity index (χ3v) is 6.51. The molecule has 4 rings (SSSR count). The maximum absolute atomic E-state index is 12.7. The van der Waals surface area contributed by atoms with E-state index in [4.69, 9.17) is 11.6 Å². The van der Waals surface area contributed by atoms with Crippen LogP contribution in [0.1, 0.15) is 21.6 Å². The molecule has 8 heteroatoms. The number of amides is 1. The third kappa shape index (κ3) is 2.43. The standard InChI is InChI=1S/C18H14ClN3O3S/c1-12-15(17(19)22(20-12)13-7-3-2-4-8-13)11-21-18(23)14-9-5-6-10-16(14)26(21,24)25/h2-10H,11H2,1H3. The summed E-state index contributed by atoms with van der Waals surface area (Å²) in [6.07, 6.45) is 0. The van der Waals surface area contributed by atoms with Crippen molar-refractivity contribution in [1.82, 2.24) is 14.1 Å². The van der Waals surface area contributed by atoms with Gasteiger partial charge >= 0.3 is 0 Å². The first-order chi connectivity index (χ1) is 12.4. The maximum atomic E-state index is 12.7. The Balaban J connectivity index is 1.76. The molecule has 2 heterocycles. The van der Waals surface area contributed by atoms with Crippen molar-refractivity contribution in [2.75, 3.05) is 0 Å². The van der Waals surface area contributed by atoms with Crippen molar-refractivity contribution in [3.05, 3.63) is 76.6 Å². The third-order valence-electron chi connectivity index (χ3n) is 4.34. The summed E-state index contributed by atoms with van der Waals surface area (Å²) in [5.41, 5.74) is 2.00. The van der Waals surface area contributed by atoms with Crippen LogP contribution in [0.5, 0.6) is 0 Å². The van der Waals surface area contributed by atoms with Gasteiger partial charge in [0.15, 0.2) is 0 Å². The van der Waals surface area contributed by atoms with E-state index in [0.717, 1.165) is 9.99 Å². The number of fused-ring (bicyclic) bond motifs is 1. The van der Waals surface area contributed by atoms with Crippen LogP contribution in [0.15, 0.2) is 59.5 Å². The lowest BCUT2D eigenvalue weighted by Crippen LogP contribution is -2.29. The van der Waals surface area contributed by atoms with Gasteiger partial charge in [-0.2, -0.15) is 5.10 Å². The first-order valence-electron chi connectivity index (χ1n) is 7.87. The highest BCUT2D eigenvalue weighted by molar-refractivity contribution is 7.90. The number of hydrogen-bond donors (Lipinski definition) is 0. The number of carbonyl (C=O) groups is 1. The van der Waals surface area contributed by atoms with E-state index in [-0.39, 0.29) is 22.2 Å². The first-order valence-corrected chi connectivity index (χ1v) is 9.68. The van der Waals surface area contributed by atoms with Crippen molar-refractivity contribution in [2.24, 2.45) is 0 Å². The second-order valence-corrected chi connectivity index (χ2v) is 8.10. The molecule has 0 saturated carbocycles. The average Bonchev–Trinajstić information content (AvgIpc) is 3.03. The summed E-state index contributed by atoms with van der Waals surface area (Å²) < 4.78 is 27.9. The molecule has 1 aliphatic rings. The van der Waals surface area contributed by atoms with Crippen molar-refractivity contribution in [1.29, 1.82) is 0 Å². The Bertz CT molecular complexity index is 1120. The number of sulfonamides is 1. The van der Waals surface area contributed by atoms with E-state index in [1.165, 1.54) is 16.8 Å². The molecule has 2 aromatic carbocycles. The molecule has 0 atom stereocenters. The molecule has 1 aromatic heterocycles. The molecule has 0 bridgehead atoms. The van der Waals surface area contributed by atoms with Crippen LogP contribution >= 0.6 is 11.6 Å². The Morgan fingerprint density at radius 3 is 2.38 bits per heavy atom. The van der Waals surface area contributed by atoms with Gasteiger partial charge in [0.1, 0.15) is 10.0 Å². The van der Waals surface area contributed by atoms with Crippen molar-refractivity contribution in [2.45, 2.75) is 18.4 Å². The van der Waals surface area contributed by atoms with Gasteiger partial charge in [0, 0.05) is 5.56 Å². The predicted octanol–water partition coefficient (Wildman–Crippen LogP) is 3.18. The van der Waals surface area contributed by atoms with Crippen LogP contribution in [-0.4, -0.2) is 28.4 Å². The molecule has 0 fully saturated rings. The quantitative estimate of drug-likeness (QED) is 0.692. The molecular formula is C18H14ClN3O3S. The zero-order valence-electron chi connectivity index (χ0n) is 13.8. The molecule has 0 saturated heterocycles. The summed E-state index contributed by atoms with van der Waals surface area (Å²) in [6, 6.07) is 15.5. The van der Waals surface area contributed by atoms with Crippen LogP contribution in [0.25, 0.3) is 5.69 Å². The van der Waals surface area contributed by atoms with E-state index in [0.29, 0.717) is 11.3 Å². The van der Waals surface area contributed by atoms with Crippen molar-refractivity contribution >= 4 is 27.5 Å². The number of carbonyl (C=O) groups excluding carboxylic acids is 1. The van der Waals surface area contributed by atoms with E-state index in [9.17, 15) is 13.2 Å². The van der Waals surface area contributed by atoms with E-state index in [1.807, 2.05) is 30.3 Å². The molecule has 0 spiro atoms. The van der Waals surface area contributed by atoms with Crippen LogP contribution in [0.3, 0.4) is 0 Å². The zero-order chi connectivity index (χ0) is 18.5. The minimum absolute atomic E-state index is 0.0224. The van der Waals surface area contributed by atoms with Gasteiger partial charge in [-0.3, -0.25) is 4.79 Å². The second kappa shape index (κ2) is 5.96. The van der Waals surface area contributed by atoms with Gasteiger partial charge in [-0.1, -0.05) is 41.9 Å². The van der Waals surface area contributed by atoms with E-state index < -0.39 is 15.9 Å². The lowest BCUT2D eigenvalue weighted by atomic mass is 10.2. The van der Waals surface area contributed by atoms with Gasteiger partial charge in [-0.25, -0.2) is 17.4 Å². The van der Waals surface area contributed by atoms with Gasteiger partial charge in [0.2, 0.25) is 0 Å². The monoisotopic (exact) mass is 387 g/mol. The normalized spacial score (nSPS) is 15.3. The summed E-state index contributed by atoms with van der Waals surface area (Å²) >= 11 is 6.46. The van der Waals surface area contributed by atoms with Gasteiger partial charge in [0.05, 0.1) is 23.5 Å². The van der Waals surface area contributed by atoms with Gasteiger partial charge in [-0.05, 0) is 31.2 Å². The molecule has 3 aromatic rings. The topological polar surface area (TPSA) is 72.3 Å². The van der Waals surface area contributed by atoms with Crippen LogP contribution in [0, 0.1) is 6.92 Å². The highest BCUT2D eigenvalue weighted by Gasteiger charge is 2.41. The fourth-order valence-corrected chi connectivity index (χ4v) is 4.85. The summed E-state index contributed by atoms with van der Waals surface area (Å²) in [6.45, 7) is 1.58. The molecule has 6 nitrogen and oxygen atoms in total. The van der Waals surface area contributed by atoms with E-state index >= 15 is 0 Å². The van der Waals surface area contributed by atoms with E-state index in [2.05, 4.69) is 5.10 Å². The summed E-state index contributed by atoms with van der Waals surface area (Å²) in [7, 11) is -3.89. The highest BCUT2D eigenvalue weighted by atomic mass is 35.5. The number of rotatable bonds is 3. The highest BCUT2D eigenvalue weighted by Crippen LogP contribution is 2.33. The second-order valence-electron chi connectivity index (χ2n) is 5.92. The first kappa shape index (κ1) is 16.8. The molecule has 0 N–H and O–H groups in total. The maximum Gasteiger partial charge on any atom is 0.269 e. The number of aryl methyl sites for hydroxylation is 1. The number of benzene rings is 2. The SMILES string of the molecule is Cc1nn(-c2ccccc2)c(Cl)c1CN1C(=O)c2ccccc2S1(=O)=O. The Morgan fingerprint density at radius 1 is 1.04 bits per heavy atom. The van der Waals surface area contributed by atoms with Crippen LogP contribution in [0.4, 0.5) is 0 Å². The van der Waals surface area contributed by atoms with Gasteiger partial charge < -0.3 is 0 Å². The average molecular weight is 388 g/mol. The molecule has 26 heavy (non-hydrogen) atoms. The Labute approximate surface area is 155 Å². The lowest BCUT2D eigenvalue weighted by molar-refractivity contribution is 0.0865. The zero-order valence-corrected chi connectivity index (χ0v) is 15.3. The number of aromatic nitrogens is 2. The molecule has 1 aliphatic heterocycles.